The van der Waals surface area contributed by atoms with Gasteiger partial charge in [-0.1, -0.05) is 0 Å². The molecule has 0 aliphatic carbocycles. The molecule has 1 aromatic carbocycles. The molecule has 2 N–H and O–H groups in total. The summed E-state index contributed by atoms with van der Waals surface area (Å²) in [4.78, 5) is 14.0. The average molecular weight is 294 g/mol. The van der Waals surface area contributed by atoms with Crippen molar-refractivity contribution in [2.45, 2.75) is 33.2 Å². The van der Waals surface area contributed by atoms with Crippen molar-refractivity contribution in [3.05, 3.63) is 23.8 Å². The van der Waals surface area contributed by atoms with Crippen LogP contribution < -0.4 is 15.2 Å². The fourth-order valence-electron chi connectivity index (χ4n) is 1.90. The first-order valence-electron chi connectivity index (χ1n) is 7.40. The van der Waals surface area contributed by atoms with Gasteiger partial charge in [-0.3, -0.25) is 4.79 Å². The number of nitrogens with zero attached hydrogens (tertiary/aromatic N) is 1. The summed E-state index contributed by atoms with van der Waals surface area (Å²) in [5, 5.41) is 0. The van der Waals surface area contributed by atoms with Crippen LogP contribution in [0.4, 0.5) is 0 Å². The molecule has 0 fully saturated rings. The number of rotatable bonds is 8. The summed E-state index contributed by atoms with van der Waals surface area (Å²) in [5.41, 5.74) is 6.31. The Morgan fingerprint density at radius 1 is 1.24 bits per heavy atom. The first-order chi connectivity index (χ1) is 9.99. The van der Waals surface area contributed by atoms with Gasteiger partial charge >= 0.3 is 0 Å². The van der Waals surface area contributed by atoms with E-state index in [0.717, 1.165) is 6.42 Å². The normalized spacial score (nSPS) is 11.9. The molecule has 0 aliphatic heterocycles. The van der Waals surface area contributed by atoms with E-state index >= 15 is 0 Å². The molecular formula is C16H26N2O3. The Balaban J connectivity index is 2.86. The molecule has 0 spiro atoms. The Kier molecular flexibility index (Phi) is 7.02. The van der Waals surface area contributed by atoms with Gasteiger partial charge in [0.25, 0.3) is 5.91 Å². The average Bonchev–Trinajstić information content (AvgIpc) is 2.46. The molecular weight excluding hydrogens is 268 g/mol. The molecule has 0 bridgehead atoms. The minimum Gasteiger partial charge on any atom is -0.490 e. The van der Waals surface area contributed by atoms with Gasteiger partial charge < -0.3 is 20.1 Å². The highest BCUT2D eigenvalue weighted by molar-refractivity contribution is 5.94. The minimum absolute atomic E-state index is 0.0420. The van der Waals surface area contributed by atoms with E-state index in [-0.39, 0.29) is 11.9 Å². The number of nitrogens with two attached hydrogens (primary N) is 1. The van der Waals surface area contributed by atoms with Gasteiger partial charge in [-0.05, 0) is 45.4 Å². The van der Waals surface area contributed by atoms with Crippen molar-refractivity contribution >= 4 is 5.91 Å². The van der Waals surface area contributed by atoms with E-state index in [4.69, 9.17) is 15.2 Å². The Labute approximate surface area is 127 Å². The van der Waals surface area contributed by atoms with Gasteiger partial charge in [-0.2, -0.15) is 0 Å². The largest absolute Gasteiger partial charge is 0.490 e. The minimum atomic E-state index is -0.0420. The summed E-state index contributed by atoms with van der Waals surface area (Å²) in [5.74, 6) is 1.22. The summed E-state index contributed by atoms with van der Waals surface area (Å²) in [6, 6.07) is 5.36. The second-order valence-corrected chi connectivity index (χ2v) is 5.02. The van der Waals surface area contributed by atoms with Crippen LogP contribution in [0.2, 0.25) is 0 Å². The van der Waals surface area contributed by atoms with Crippen LogP contribution in [-0.2, 0) is 0 Å². The lowest BCUT2D eigenvalue weighted by atomic mass is 10.1. The zero-order valence-electron chi connectivity index (χ0n) is 13.4. The Morgan fingerprint density at radius 3 is 2.43 bits per heavy atom. The highest BCUT2D eigenvalue weighted by atomic mass is 16.5. The number of carbonyl (C=O) groups excluding carboxylic acids is 1. The van der Waals surface area contributed by atoms with E-state index in [0.29, 0.717) is 36.8 Å². The summed E-state index contributed by atoms with van der Waals surface area (Å²) in [6.45, 7) is 7.46. The van der Waals surface area contributed by atoms with Crippen LogP contribution in [0.5, 0.6) is 11.5 Å². The van der Waals surface area contributed by atoms with E-state index in [1.54, 1.807) is 30.1 Å². The Bertz CT molecular complexity index is 461. The molecule has 1 amide bonds. The molecule has 1 unspecified atom stereocenters. The molecule has 0 saturated carbocycles. The van der Waals surface area contributed by atoms with E-state index in [1.165, 1.54) is 0 Å². The molecule has 0 aliphatic rings. The van der Waals surface area contributed by atoms with Crippen molar-refractivity contribution in [1.82, 2.24) is 4.90 Å². The van der Waals surface area contributed by atoms with Gasteiger partial charge in [0, 0.05) is 25.2 Å². The number of amides is 1. The zero-order valence-corrected chi connectivity index (χ0v) is 13.4. The fourth-order valence-corrected chi connectivity index (χ4v) is 1.90. The van der Waals surface area contributed by atoms with Gasteiger partial charge in [0.15, 0.2) is 11.5 Å². The summed E-state index contributed by atoms with van der Waals surface area (Å²) in [6.07, 6.45) is 0.775. The van der Waals surface area contributed by atoms with E-state index < -0.39 is 0 Å². The number of hydrogen-bond acceptors (Lipinski definition) is 4. The predicted octanol–water partition coefficient (Wildman–Crippen LogP) is 2.29. The van der Waals surface area contributed by atoms with Gasteiger partial charge in [0.2, 0.25) is 0 Å². The fraction of sp³-hybridized carbons (Fsp3) is 0.562. The Morgan fingerprint density at radius 2 is 1.86 bits per heavy atom. The molecule has 118 valence electrons. The monoisotopic (exact) mass is 294 g/mol. The van der Waals surface area contributed by atoms with Crippen molar-refractivity contribution in [3.63, 3.8) is 0 Å². The lowest BCUT2D eigenvalue weighted by molar-refractivity contribution is 0.0791. The lowest BCUT2D eigenvalue weighted by Gasteiger charge is -2.19. The van der Waals surface area contributed by atoms with Gasteiger partial charge in [0.1, 0.15) is 0 Å². The van der Waals surface area contributed by atoms with E-state index in [9.17, 15) is 4.79 Å². The third-order valence-corrected chi connectivity index (χ3v) is 3.06. The van der Waals surface area contributed by atoms with E-state index in [2.05, 4.69) is 0 Å². The number of carbonyl (C=O) groups is 1. The molecule has 5 heteroatoms. The third kappa shape index (κ3) is 5.27. The first kappa shape index (κ1) is 17.3. The lowest BCUT2D eigenvalue weighted by Crippen LogP contribution is -2.31. The molecule has 0 saturated heterocycles. The van der Waals surface area contributed by atoms with E-state index in [1.807, 2.05) is 20.8 Å². The molecule has 5 nitrogen and oxygen atoms in total. The SMILES string of the molecule is CCOc1ccc(C(=O)N(C)CCC(C)N)cc1OCC. The van der Waals surface area contributed by atoms with Gasteiger partial charge in [-0.25, -0.2) is 0 Å². The smallest absolute Gasteiger partial charge is 0.253 e. The van der Waals surface area contributed by atoms with Crippen LogP contribution in [0.1, 0.15) is 37.6 Å². The molecule has 0 aromatic heterocycles. The van der Waals surface area contributed by atoms with Crippen molar-refractivity contribution in [2.75, 3.05) is 26.8 Å². The number of hydrogen-bond donors (Lipinski definition) is 1. The van der Waals surface area contributed by atoms with Crippen LogP contribution in [0.25, 0.3) is 0 Å². The van der Waals surface area contributed by atoms with Gasteiger partial charge in [0.05, 0.1) is 13.2 Å². The predicted molar refractivity (Wildman–Crippen MR) is 84.0 cm³/mol. The van der Waals surface area contributed by atoms with Crippen molar-refractivity contribution < 1.29 is 14.3 Å². The van der Waals surface area contributed by atoms with Crippen molar-refractivity contribution in [1.29, 1.82) is 0 Å². The van der Waals surface area contributed by atoms with Crippen molar-refractivity contribution in [2.24, 2.45) is 5.73 Å². The Hall–Kier alpha value is -1.75. The maximum Gasteiger partial charge on any atom is 0.253 e. The zero-order chi connectivity index (χ0) is 15.8. The van der Waals surface area contributed by atoms with Crippen molar-refractivity contribution in [3.8, 4) is 11.5 Å². The summed E-state index contributed by atoms with van der Waals surface area (Å²) >= 11 is 0. The summed E-state index contributed by atoms with van der Waals surface area (Å²) < 4.78 is 11.0. The maximum atomic E-state index is 12.4. The first-order valence-corrected chi connectivity index (χ1v) is 7.40. The quantitative estimate of drug-likeness (QED) is 0.799. The third-order valence-electron chi connectivity index (χ3n) is 3.06. The van der Waals surface area contributed by atoms with Gasteiger partial charge in [-0.15, -0.1) is 0 Å². The highest BCUT2D eigenvalue weighted by Crippen LogP contribution is 2.28. The second kappa shape index (κ2) is 8.52. The van der Waals surface area contributed by atoms with Crippen LogP contribution >= 0.6 is 0 Å². The second-order valence-electron chi connectivity index (χ2n) is 5.02. The molecule has 1 rings (SSSR count). The number of ether oxygens (including phenoxy) is 2. The molecule has 0 heterocycles. The van der Waals surface area contributed by atoms with Crippen LogP contribution in [-0.4, -0.2) is 43.7 Å². The summed E-state index contributed by atoms with van der Waals surface area (Å²) in [7, 11) is 1.78. The van der Waals surface area contributed by atoms with Crippen LogP contribution in [0.15, 0.2) is 18.2 Å². The molecule has 1 aromatic rings. The molecule has 21 heavy (non-hydrogen) atoms. The highest BCUT2D eigenvalue weighted by Gasteiger charge is 2.15. The molecule has 0 radical (unpaired) electrons. The topological polar surface area (TPSA) is 64.8 Å². The number of benzene rings is 1. The molecule has 1 atom stereocenters. The standard InChI is InChI=1S/C16H26N2O3/c1-5-20-14-8-7-13(11-15(14)21-6-2)16(19)18(4)10-9-12(3)17/h7-8,11-12H,5-6,9-10,17H2,1-4H3. The van der Waals surface area contributed by atoms with Crippen LogP contribution in [0, 0.1) is 0 Å². The maximum absolute atomic E-state index is 12.4. The van der Waals surface area contributed by atoms with Crippen LogP contribution in [0.3, 0.4) is 0 Å².